The number of hydrogen-bond donors (Lipinski definition) is 2. The number of thiol groups is 1. The Kier molecular flexibility index (Phi) is 5.28. The molecule has 4 heteroatoms. The van der Waals surface area contributed by atoms with E-state index >= 15 is 0 Å². The topological polar surface area (TPSA) is 31.9 Å². The molecule has 104 valence electrons. The Morgan fingerprint density at radius 1 is 1.26 bits per heavy atom. The predicted molar refractivity (Wildman–Crippen MR) is 84.7 cm³/mol. The summed E-state index contributed by atoms with van der Waals surface area (Å²) in [5.74, 6) is 1.07. The largest absolute Gasteiger partial charge is 0.341 e. The van der Waals surface area contributed by atoms with Crippen LogP contribution in [0.1, 0.15) is 32.5 Å². The molecule has 1 saturated heterocycles. The zero-order valence-electron chi connectivity index (χ0n) is 11.8. The van der Waals surface area contributed by atoms with Crippen molar-refractivity contribution >= 4 is 23.7 Å². The molecule has 3 nitrogen and oxygen atoms in total. The normalized spacial score (nSPS) is 17.2. The zero-order valence-corrected chi connectivity index (χ0v) is 12.7. The summed E-state index contributed by atoms with van der Waals surface area (Å²) in [5, 5.41) is 0.585. The third kappa shape index (κ3) is 3.74. The van der Waals surface area contributed by atoms with Crippen molar-refractivity contribution in [3.8, 4) is 0 Å². The molecule has 1 aromatic heterocycles. The molecule has 3 rings (SSSR count). The van der Waals surface area contributed by atoms with Gasteiger partial charge in [0.1, 0.15) is 5.82 Å². The molecule has 1 N–H and O–H groups in total. The quantitative estimate of drug-likeness (QED) is 0.824. The SMILES string of the molecule is CC.SC1CCN(Cc2nc3ccccc3[nH]2)CC1. The minimum Gasteiger partial charge on any atom is -0.341 e. The number of benzene rings is 1. The fourth-order valence-electron chi connectivity index (χ4n) is 2.37. The average Bonchev–Trinajstić information content (AvgIpc) is 2.86. The van der Waals surface area contributed by atoms with E-state index in [2.05, 4.69) is 39.6 Å². The number of hydrogen-bond acceptors (Lipinski definition) is 3. The summed E-state index contributed by atoms with van der Waals surface area (Å²) in [7, 11) is 0. The minimum atomic E-state index is 0.585. The maximum absolute atomic E-state index is 4.61. The molecular formula is C15H23N3S. The van der Waals surface area contributed by atoms with Crippen LogP contribution in [0.15, 0.2) is 24.3 Å². The van der Waals surface area contributed by atoms with Gasteiger partial charge in [0.05, 0.1) is 17.6 Å². The lowest BCUT2D eigenvalue weighted by molar-refractivity contribution is 0.221. The van der Waals surface area contributed by atoms with Gasteiger partial charge in [-0.15, -0.1) is 0 Å². The highest BCUT2D eigenvalue weighted by Gasteiger charge is 2.17. The van der Waals surface area contributed by atoms with Gasteiger partial charge in [0.25, 0.3) is 0 Å². The van der Waals surface area contributed by atoms with Gasteiger partial charge in [-0.1, -0.05) is 26.0 Å². The number of nitrogens with zero attached hydrogens (tertiary/aromatic N) is 2. The van der Waals surface area contributed by atoms with Crippen LogP contribution in [0.3, 0.4) is 0 Å². The number of nitrogens with one attached hydrogen (secondary N) is 1. The third-order valence-corrected chi connectivity index (χ3v) is 3.89. The number of H-pyrrole nitrogens is 1. The van der Waals surface area contributed by atoms with Crippen LogP contribution in [0.2, 0.25) is 0 Å². The van der Waals surface area contributed by atoms with Crippen molar-refractivity contribution < 1.29 is 0 Å². The number of piperidine rings is 1. The van der Waals surface area contributed by atoms with E-state index in [0.717, 1.165) is 36.5 Å². The molecule has 1 fully saturated rings. The van der Waals surface area contributed by atoms with Crippen LogP contribution in [0.25, 0.3) is 11.0 Å². The van der Waals surface area contributed by atoms with E-state index in [9.17, 15) is 0 Å². The van der Waals surface area contributed by atoms with Crippen molar-refractivity contribution in [3.05, 3.63) is 30.1 Å². The van der Waals surface area contributed by atoms with Crippen molar-refractivity contribution in [2.45, 2.75) is 38.5 Å². The van der Waals surface area contributed by atoms with Crippen molar-refractivity contribution in [2.24, 2.45) is 0 Å². The highest BCUT2D eigenvalue weighted by molar-refractivity contribution is 7.80. The number of fused-ring (bicyclic) bond motifs is 1. The van der Waals surface area contributed by atoms with Crippen LogP contribution in [-0.2, 0) is 6.54 Å². The second-order valence-electron chi connectivity index (χ2n) is 4.71. The Morgan fingerprint density at radius 2 is 1.95 bits per heavy atom. The van der Waals surface area contributed by atoms with E-state index in [0.29, 0.717) is 5.25 Å². The summed E-state index contributed by atoms with van der Waals surface area (Å²) in [5.41, 5.74) is 2.19. The van der Waals surface area contributed by atoms with Gasteiger partial charge in [-0.05, 0) is 38.1 Å². The molecule has 0 bridgehead atoms. The molecule has 1 aromatic carbocycles. The Morgan fingerprint density at radius 3 is 2.63 bits per heavy atom. The molecule has 0 atom stereocenters. The Labute approximate surface area is 120 Å². The summed E-state index contributed by atoms with van der Waals surface area (Å²) in [6.07, 6.45) is 2.37. The van der Waals surface area contributed by atoms with Crippen LogP contribution in [0, 0.1) is 0 Å². The molecule has 0 spiro atoms. The van der Waals surface area contributed by atoms with E-state index < -0.39 is 0 Å². The Hall–Kier alpha value is -1.00. The first kappa shape index (κ1) is 14.4. The zero-order chi connectivity index (χ0) is 13.7. The summed E-state index contributed by atoms with van der Waals surface area (Å²) in [6.45, 7) is 7.19. The summed E-state index contributed by atoms with van der Waals surface area (Å²) < 4.78 is 0. The molecule has 0 radical (unpaired) electrons. The number of imidazole rings is 1. The summed E-state index contributed by atoms with van der Waals surface area (Å²) in [6, 6.07) is 8.19. The van der Waals surface area contributed by atoms with E-state index in [1.807, 2.05) is 26.0 Å². The van der Waals surface area contributed by atoms with Gasteiger partial charge in [0.15, 0.2) is 0 Å². The predicted octanol–water partition coefficient (Wildman–Crippen LogP) is 3.48. The molecule has 0 aliphatic carbocycles. The summed E-state index contributed by atoms with van der Waals surface area (Å²) in [4.78, 5) is 10.4. The molecule has 1 aliphatic rings. The van der Waals surface area contributed by atoms with Crippen molar-refractivity contribution in [1.82, 2.24) is 14.9 Å². The second kappa shape index (κ2) is 6.96. The lowest BCUT2D eigenvalue weighted by atomic mass is 10.1. The smallest absolute Gasteiger partial charge is 0.121 e. The molecule has 1 aliphatic heterocycles. The van der Waals surface area contributed by atoms with Gasteiger partial charge in [-0.25, -0.2) is 4.98 Å². The number of rotatable bonds is 2. The van der Waals surface area contributed by atoms with E-state index in [1.54, 1.807) is 0 Å². The van der Waals surface area contributed by atoms with Crippen molar-refractivity contribution in [1.29, 1.82) is 0 Å². The standard InChI is InChI=1S/C13H17N3S.C2H6/c17-10-5-7-16(8-6-10)9-13-14-11-3-1-2-4-12(11)15-13;1-2/h1-4,10,17H,5-9H2,(H,14,15);1-2H3. The maximum atomic E-state index is 4.61. The fraction of sp³-hybridized carbons (Fsp3) is 0.533. The van der Waals surface area contributed by atoms with E-state index in [1.165, 1.54) is 12.8 Å². The number of aromatic amines is 1. The monoisotopic (exact) mass is 277 g/mol. The van der Waals surface area contributed by atoms with E-state index in [4.69, 9.17) is 0 Å². The molecule has 0 unspecified atom stereocenters. The Balaban J connectivity index is 0.000000637. The van der Waals surface area contributed by atoms with E-state index in [-0.39, 0.29) is 0 Å². The van der Waals surface area contributed by atoms with Crippen LogP contribution < -0.4 is 0 Å². The van der Waals surface area contributed by atoms with Crippen LogP contribution >= 0.6 is 12.6 Å². The molecular weight excluding hydrogens is 254 g/mol. The van der Waals surface area contributed by atoms with Crippen molar-refractivity contribution in [3.63, 3.8) is 0 Å². The first-order chi connectivity index (χ1) is 9.31. The fourth-order valence-corrected chi connectivity index (χ4v) is 2.60. The number of aromatic nitrogens is 2. The van der Waals surface area contributed by atoms with Gasteiger partial charge in [-0.3, -0.25) is 4.90 Å². The third-order valence-electron chi connectivity index (χ3n) is 3.37. The maximum Gasteiger partial charge on any atom is 0.121 e. The van der Waals surface area contributed by atoms with Crippen LogP contribution in [0.5, 0.6) is 0 Å². The van der Waals surface area contributed by atoms with Crippen molar-refractivity contribution in [2.75, 3.05) is 13.1 Å². The van der Waals surface area contributed by atoms with Gasteiger partial charge in [0, 0.05) is 5.25 Å². The molecule has 0 amide bonds. The molecule has 2 heterocycles. The van der Waals surface area contributed by atoms with Gasteiger partial charge in [0.2, 0.25) is 0 Å². The van der Waals surface area contributed by atoms with Gasteiger partial charge >= 0.3 is 0 Å². The van der Waals surface area contributed by atoms with Gasteiger partial charge in [-0.2, -0.15) is 12.6 Å². The highest BCUT2D eigenvalue weighted by atomic mass is 32.1. The second-order valence-corrected chi connectivity index (χ2v) is 5.44. The minimum absolute atomic E-state index is 0.585. The highest BCUT2D eigenvalue weighted by Crippen LogP contribution is 2.17. The van der Waals surface area contributed by atoms with Gasteiger partial charge < -0.3 is 4.98 Å². The first-order valence-corrected chi connectivity index (χ1v) is 7.67. The Bertz CT molecular complexity index is 468. The average molecular weight is 277 g/mol. The molecule has 19 heavy (non-hydrogen) atoms. The first-order valence-electron chi connectivity index (χ1n) is 7.15. The number of likely N-dealkylation sites (tertiary alicyclic amines) is 1. The number of para-hydroxylation sites is 2. The molecule has 0 saturated carbocycles. The van der Waals surface area contributed by atoms with Crippen LogP contribution in [-0.4, -0.2) is 33.2 Å². The summed E-state index contributed by atoms with van der Waals surface area (Å²) >= 11 is 4.52. The lowest BCUT2D eigenvalue weighted by Gasteiger charge is -2.28. The van der Waals surface area contributed by atoms with Crippen LogP contribution in [0.4, 0.5) is 0 Å². The molecule has 2 aromatic rings. The lowest BCUT2D eigenvalue weighted by Crippen LogP contribution is -2.33.